The fourth-order valence-corrected chi connectivity index (χ4v) is 2.57. The summed E-state index contributed by atoms with van der Waals surface area (Å²) >= 11 is 0. The van der Waals surface area contributed by atoms with Gasteiger partial charge in [0.15, 0.2) is 0 Å². The minimum absolute atomic E-state index is 0. The first kappa shape index (κ1) is 19.7. The summed E-state index contributed by atoms with van der Waals surface area (Å²) in [6.45, 7) is 10.5. The molecule has 1 aliphatic rings. The molecule has 5 heteroatoms. The van der Waals surface area contributed by atoms with E-state index in [2.05, 4.69) is 29.4 Å². The number of nitrogens with zero attached hydrogens (tertiary/aromatic N) is 1. The van der Waals surface area contributed by atoms with Gasteiger partial charge in [-0.25, -0.2) is 0 Å². The number of halogens is 1. The van der Waals surface area contributed by atoms with Crippen molar-refractivity contribution in [1.82, 2.24) is 15.5 Å². The van der Waals surface area contributed by atoms with Crippen LogP contribution in [0.1, 0.15) is 46.0 Å². The summed E-state index contributed by atoms with van der Waals surface area (Å²) in [5, 5.41) is 6.41. The number of carbonyl (C=O) groups excluding carboxylic acids is 1. The summed E-state index contributed by atoms with van der Waals surface area (Å²) in [4.78, 5) is 14.3. The molecule has 0 spiro atoms. The van der Waals surface area contributed by atoms with Gasteiger partial charge in [0.05, 0.1) is 0 Å². The molecule has 0 aliphatic carbocycles. The van der Waals surface area contributed by atoms with E-state index >= 15 is 0 Å². The third-order valence-electron chi connectivity index (χ3n) is 3.98. The maximum absolute atomic E-state index is 11.9. The number of piperazine rings is 1. The third-order valence-corrected chi connectivity index (χ3v) is 3.98. The Hall–Kier alpha value is -0.320. The third kappa shape index (κ3) is 8.77. The number of amides is 1. The van der Waals surface area contributed by atoms with Gasteiger partial charge in [0.2, 0.25) is 5.91 Å². The van der Waals surface area contributed by atoms with Gasteiger partial charge in [-0.3, -0.25) is 9.69 Å². The summed E-state index contributed by atoms with van der Waals surface area (Å²) in [5.74, 6) is 0.803. The zero-order valence-electron chi connectivity index (χ0n) is 13.1. The Morgan fingerprint density at radius 1 is 1.30 bits per heavy atom. The number of unbranched alkanes of at least 4 members (excludes halogenated alkanes) is 1. The van der Waals surface area contributed by atoms with Crippen LogP contribution in [0.25, 0.3) is 0 Å². The average Bonchev–Trinajstić information content (AvgIpc) is 2.44. The predicted molar refractivity (Wildman–Crippen MR) is 87.5 cm³/mol. The second-order valence-electron chi connectivity index (χ2n) is 5.56. The van der Waals surface area contributed by atoms with Crippen molar-refractivity contribution in [3.63, 3.8) is 0 Å². The van der Waals surface area contributed by atoms with E-state index in [-0.39, 0.29) is 18.3 Å². The number of hydrogen-bond donors (Lipinski definition) is 2. The van der Waals surface area contributed by atoms with Gasteiger partial charge >= 0.3 is 0 Å². The molecule has 1 atom stereocenters. The average molecular weight is 306 g/mol. The molecule has 0 aromatic carbocycles. The summed E-state index contributed by atoms with van der Waals surface area (Å²) < 4.78 is 0. The smallest absolute Gasteiger partial charge is 0.220 e. The Morgan fingerprint density at radius 3 is 2.60 bits per heavy atom. The summed E-state index contributed by atoms with van der Waals surface area (Å²) in [7, 11) is 0. The first-order valence-electron chi connectivity index (χ1n) is 7.96. The lowest BCUT2D eigenvalue weighted by molar-refractivity contribution is -0.122. The quantitative estimate of drug-likeness (QED) is 0.685. The van der Waals surface area contributed by atoms with Crippen LogP contribution in [0.4, 0.5) is 0 Å². The van der Waals surface area contributed by atoms with E-state index in [0.717, 1.165) is 45.7 Å². The summed E-state index contributed by atoms with van der Waals surface area (Å²) in [5.41, 5.74) is 0. The highest BCUT2D eigenvalue weighted by Crippen LogP contribution is 2.16. The highest BCUT2D eigenvalue weighted by atomic mass is 35.5. The van der Waals surface area contributed by atoms with Gasteiger partial charge in [-0.05, 0) is 12.3 Å². The molecule has 2 N–H and O–H groups in total. The van der Waals surface area contributed by atoms with E-state index in [4.69, 9.17) is 0 Å². The lowest BCUT2D eigenvalue weighted by atomic mass is 9.95. The fraction of sp³-hybridized carbons (Fsp3) is 0.933. The Morgan fingerprint density at radius 2 is 2.00 bits per heavy atom. The van der Waals surface area contributed by atoms with Gasteiger partial charge in [-0.15, -0.1) is 12.4 Å². The van der Waals surface area contributed by atoms with E-state index < -0.39 is 0 Å². The second-order valence-corrected chi connectivity index (χ2v) is 5.56. The lowest BCUT2D eigenvalue weighted by Crippen LogP contribution is -2.46. The SMILES string of the molecule is CCCCC(CC)CC(=O)NCCN1CCNCC1.Cl. The standard InChI is InChI=1S/C15H31N3O.ClH/c1-3-5-6-14(4-2)13-15(19)17-9-12-18-10-7-16-8-11-18;/h14,16H,3-13H2,1-2H3,(H,17,19);1H. The molecule has 1 amide bonds. The van der Waals surface area contributed by atoms with Crippen molar-refractivity contribution in [1.29, 1.82) is 0 Å². The number of nitrogens with one attached hydrogen (secondary N) is 2. The molecular weight excluding hydrogens is 274 g/mol. The maximum atomic E-state index is 11.9. The van der Waals surface area contributed by atoms with E-state index in [0.29, 0.717) is 12.3 Å². The van der Waals surface area contributed by atoms with Gasteiger partial charge in [0.25, 0.3) is 0 Å². The van der Waals surface area contributed by atoms with E-state index in [1.807, 2.05) is 0 Å². The van der Waals surface area contributed by atoms with Gasteiger partial charge in [0.1, 0.15) is 0 Å². The highest BCUT2D eigenvalue weighted by molar-refractivity contribution is 5.85. The molecule has 0 saturated carbocycles. The van der Waals surface area contributed by atoms with Crippen molar-refractivity contribution >= 4 is 18.3 Å². The van der Waals surface area contributed by atoms with Gasteiger partial charge in [0, 0.05) is 45.7 Å². The Kier molecular flexibility index (Phi) is 12.2. The molecule has 1 aliphatic heterocycles. The van der Waals surface area contributed by atoms with Crippen LogP contribution in [0.15, 0.2) is 0 Å². The minimum atomic E-state index is 0. The van der Waals surface area contributed by atoms with E-state index in [1.165, 1.54) is 19.3 Å². The highest BCUT2D eigenvalue weighted by Gasteiger charge is 2.12. The Bertz CT molecular complexity index is 245. The molecular formula is C15H32ClN3O. The van der Waals surface area contributed by atoms with Crippen molar-refractivity contribution in [3.05, 3.63) is 0 Å². The zero-order valence-corrected chi connectivity index (χ0v) is 13.9. The Labute approximate surface area is 130 Å². The second kappa shape index (κ2) is 12.4. The molecule has 1 saturated heterocycles. The van der Waals surface area contributed by atoms with Crippen LogP contribution in [0.2, 0.25) is 0 Å². The van der Waals surface area contributed by atoms with Crippen molar-refractivity contribution in [2.45, 2.75) is 46.0 Å². The van der Waals surface area contributed by atoms with Crippen LogP contribution in [-0.4, -0.2) is 50.1 Å². The first-order chi connectivity index (χ1) is 9.26. The molecule has 1 rings (SSSR count). The molecule has 120 valence electrons. The number of hydrogen-bond acceptors (Lipinski definition) is 3. The van der Waals surface area contributed by atoms with Crippen LogP contribution in [0.5, 0.6) is 0 Å². The number of rotatable bonds is 9. The number of carbonyl (C=O) groups is 1. The zero-order chi connectivity index (χ0) is 13.9. The van der Waals surface area contributed by atoms with Crippen LogP contribution >= 0.6 is 12.4 Å². The van der Waals surface area contributed by atoms with Gasteiger partial charge in [-0.1, -0.05) is 33.1 Å². The van der Waals surface area contributed by atoms with Gasteiger partial charge < -0.3 is 10.6 Å². The van der Waals surface area contributed by atoms with Crippen molar-refractivity contribution in [2.75, 3.05) is 39.3 Å². The first-order valence-corrected chi connectivity index (χ1v) is 7.96. The van der Waals surface area contributed by atoms with Gasteiger partial charge in [-0.2, -0.15) is 0 Å². The largest absolute Gasteiger partial charge is 0.355 e. The van der Waals surface area contributed by atoms with E-state index in [9.17, 15) is 4.79 Å². The molecule has 0 aromatic heterocycles. The lowest BCUT2D eigenvalue weighted by Gasteiger charge is -2.27. The van der Waals surface area contributed by atoms with Crippen molar-refractivity contribution in [2.24, 2.45) is 5.92 Å². The van der Waals surface area contributed by atoms with Crippen molar-refractivity contribution < 1.29 is 4.79 Å². The molecule has 1 fully saturated rings. The van der Waals surface area contributed by atoms with Crippen LogP contribution in [-0.2, 0) is 4.79 Å². The minimum Gasteiger partial charge on any atom is -0.355 e. The molecule has 1 heterocycles. The fourth-order valence-electron chi connectivity index (χ4n) is 2.57. The summed E-state index contributed by atoms with van der Waals surface area (Å²) in [6.07, 6.45) is 5.48. The molecule has 1 unspecified atom stereocenters. The molecule has 0 bridgehead atoms. The monoisotopic (exact) mass is 305 g/mol. The van der Waals surface area contributed by atoms with Crippen LogP contribution < -0.4 is 10.6 Å². The maximum Gasteiger partial charge on any atom is 0.220 e. The van der Waals surface area contributed by atoms with Crippen LogP contribution in [0.3, 0.4) is 0 Å². The van der Waals surface area contributed by atoms with Crippen LogP contribution in [0, 0.1) is 5.92 Å². The molecule has 20 heavy (non-hydrogen) atoms. The normalized spacial score (nSPS) is 17.3. The molecule has 0 aromatic rings. The predicted octanol–water partition coefficient (Wildman–Crippen LogP) is 2.04. The molecule has 4 nitrogen and oxygen atoms in total. The Balaban J connectivity index is 0.00000361. The van der Waals surface area contributed by atoms with E-state index in [1.54, 1.807) is 0 Å². The summed E-state index contributed by atoms with van der Waals surface area (Å²) in [6, 6.07) is 0. The van der Waals surface area contributed by atoms with Crippen molar-refractivity contribution in [3.8, 4) is 0 Å². The molecule has 0 radical (unpaired) electrons. The topological polar surface area (TPSA) is 44.4 Å².